The average Bonchev–Trinajstić information content (AvgIpc) is 2.87. The Morgan fingerprint density at radius 2 is 1.95 bits per heavy atom. The maximum Gasteiger partial charge on any atom is 0.0659 e. The van der Waals surface area contributed by atoms with Gasteiger partial charge in [-0.25, -0.2) is 0 Å². The number of hydrogen-bond donors (Lipinski definition) is 1. The fourth-order valence-electron chi connectivity index (χ4n) is 2.20. The van der Waals surface area contributed by atoms with E-state index in [0.29, 0.717) is 0 Å². The van der Waals surface area contributed by atoms with Crippen molar-refractivity contribution in [3.8, 4) is 0 Å². The van der Waals surface area contributed by atoms with Gasteiger partial charge in [-0.3, -0.25) is 4.68 Å². The van der Waals surface area contributed by atoms with Crippen molar-refractivity contribution in [1.82, 2.24) is 15.1 Å². The van der Waals surface area contributed by atoms with Crippen LogP contribution in [0.1, 0.15) is 31.4 Å². The Hall–Kier alpha value is -1.61. The highest BCUT2D eigenvalue weighted by atomic mass is 15.3. The van der Waals surface area contributed by atoms with Gasteiger partial charge in [0.2, 0.25) is 0 Å². The van der Waals surface area contributed by atoms with Crippen molar-refractivity contribution in [2.45, 2.75) is 33.2 Å². The Bertz CT molecular complexity index is 488. The summed E-state index contributed by atoms with van der Waals surface area (Å²) < 4.78 is 2.02. The Morgan fingerprint density at radius 1 is 1.15 bits per heavy atom. The second kappa shape index (κ2) is 7.85. The van der Waals surface area contributed by atoms with Crippen molar-refractivity contribution >= 4 is 0 Å². The van der Waals surface area contributed by atoms with E-state index in [9.17, 15) is 0 Å². The lowest BCUT2D eigenvalue weighted by atomic mass is 10.2. The first-order chi connectivity index (χ1) is 9.74. The lowest BCUT2D eigenvalue weighted by Crippen LogP contribution is -2.20. The van der Waals surface area contributed by atoms with Crippen LogP contribution < -0.4 is 5.32 Å². The van der Waals surface area contributed by atoms with Crippen LogP contribution >= 0.6 is 0 Å². The standard InChI is InChI=1S/C17H25N3/c1-15(2)11-18-10-6-9-17-12-19-20(14-17)13-16-7-4-3-5-8-16/h3-5,7-8,12,14-15,18H,6,9-11,13H2,1-2H3. The number of hydrogen-bond acceptors (Lipinski definition) is 2. The summed E-state index contributed by atoms with van der Waals surface area (Å²) in [7, 11) is 0. The van der Waals surface area contributed by atoms with Crippen LogP contribution in [0.5, 0.6) is 0 Å². The predicted molar refractivity (Wildman–Crippen MR) is 83.8 cm³/mol. The zero-order valence-electron chi connectivity index (χ0n) is 12.5. The summed E-state index contributed by atoms with van der Waals surface area (Å²) in [4.78, 5) is 0. The Balaban J connectivity index is 1.72. The van der Waals surface area contributed by atoms with Gasteiger partial charge in [0.1, 0.15) is 0 Å². The van der Waals surface area contributed by atoms with Crippen LogP contribution in [0.2, 0.25) is 0 Å². The molecule has 20 heavy (non-hydrogen) atoms. The van der Waals surface area contributed by atoms with Gasteiger partial charge in [0.05, 0.1) is 12.7 Å². The Morgan fingerprint density at radius 3 is 2.70 bits per heavy atom. The van der Waals surface area contributed by atoms with Crippen molar-refractivity contribution in [3.05, 3.63) is 53.9 Å². The molecule has 1 heterocycles. The molecule has 0 unspecified atom stereocenters. The molecule has 1 N–H and O–H groups in total. The smallest absolute Gasteiger partial charge is 0.0659 e. The number of nitrogens with zero attached hydrogens (tertiary/aromatic N) is 2. The summed E-state index contributed by atoms with van der Waals surface area (Å²) in [6.07, 6.45) is 6.42. The molecule has 1 aromatic carbocycles. The van der Waals surface area contributed by atoms with E-state index in [1.807, 2.05) is 16.9 Å². The fraction of sp³-hybridized carbons (Fsp3) is 0.471. The topological polar surface area (TPSA) is 29.9 Å². The van der Waals surface area contributed by atoms with Crippen LogP contribution in [-0.2, 0) is 13.0 Å². The average molecular weight is 271 g/mol. The maximum atomic E-state index is 4.43. The van der Waals surface area contributed by atoms with Crippen molar-refractivity contribution in [2.24, 2.45) is 5.92 Å². The van der Waals surface area contributed by atoms with Gasteiger partial charge in [-0.05, 0) is 43.0 Å². The van der Waals surface area contributed by atoms with Gasteiger partial charge >= 0.3 is 0 Å². The van der Waals surface area contributed by atoms with Crippen molar-refractivity contribution < 1.29 is 0 Å². The van der Waals surface area contributed by atoms with Crippen molar-refractivity contribution in [1.29, 1.82) is 0 Å². The van der Waals surface area contributed by atoms with Crippen LogP contribution in [0.3, 0.4) is 0 Å². The molecule has 0 bridgehead atoms. The second-order valence-corrected chi connectivity index (χ2v) is 5.73. The molecule has 0 aliphatic carbocycles. The molecule has 3 heteroatoms. The summed E-state index contributed by atoms with van der Waals surface area (Å²) in [6, 6.07) is 10.5. The van der Waals surface area contributed by atoms with E-state index in [-0.39, 0.29) is 0 Å². The van der Waals surface area contributed by atoms with E-state index in [1.54, 1.807) is 0 Å². The molecule has 0 saturated carbocycles. The van der Waals surface area contributed by atoms with E-state index in [0.717, 1.165) is 32.0 Å². The minimum atomic E-state index is 0.726. The zero-order chi connectivity index (χ0) is 14.2. The first-order valence-electron chi connectivity index (χ1n) is 7.50. The van der Waals surface area contributed by atoms with Crippen LogP contribution in [0.4, 0.5) is 0 Å². The van der Waals surface area contributed by atoms with E-state index >= 15 is 0 Å². The normalized spacial score (nSPS) is 11.2. The molecule has 0 radical (unpaired) electrons. The number of aryl methyl sites for hydroxylation is 1. The molecular weight excluding hydrogens is 246 g/mol. The maximum absolute atomic E-state index is 4.43. The SMILES string of the molecule is CC(C)CNCCCc1cnn(Cc2ccccc2)c1. The van der Waals surface area contributed by atoms with Crippen molar-refractivity contribution in [3.63, 3.8) is 0 Å². The largest absolute Gasteiger partial charge is 0.316 e. The fourth-order valence-corrected chi connectivity index (χ4v) is 2.20. The summed E-state index contributed by atoms with van der Waals surface area (Å²) in [5, 5.41) is 7.91. The highest BCUT2D eigenvalue weighted by Gasteiger charge is 2.00. The molecule has 0 spiro atoms. The van der Waals surface area contributed by atoms with Gasteiger partial charge in [0, 0.05) is 6.20 Å². The first kappa shape index (κ1) is 14.8. The second-order valence-electron chi connectivity index (χ2n) is 5.73. The highest BCUT2D eigenvalue weighted by Crippen LogP contribution is 2.05. The summed E-state index contributed by atoms with van der Waals surface area (Å²) in [5.74, 6) is 0.726. The minimum Gasteiger partial charge on any atom is -0.316 e. The summed E-state index contributed by atoms with van der Waals surface area (Å²) in [6.45, 7) is 7.52. The molecule has 0 saturated heterocycles. The Kier molecular flexibility index (Phi) is 5.81. The van der Waals surface area contributed by atoms with Crippen LogP contribution in [-0.4, -0.2) is 22.9 Å². The molecule has 3 nitrogen and oxygen atoms in total. The number of aromatic nitrogens is 2. The molecule has 108 valence electrons. The van der Waals surface area contributed by atoms with Crippen LogP contribution in [0, 0.1) is 5.92 Å². The molecule has 2 aromatic rings. The molecule has 0 amide bonds. The van der Waals surface area contributed by atoms with Crippen LogP contribution in [0.25, 0.3) is 0 Å². The highest BCUT2D eigenvalue weighted by molar-refractivity contribution is 5.15. The molecule has 0 fully saturated rings. The first-order valence-corrected chi connectivity index (χ1v) is 7.50. The zero-order valence-corrected chi connectivity index (χ0v) is 12.5. The van der Waals surface area contributed by atoms with Gasteiger partial charge in [0.25, 0.3) is 0 Å². The third-order valence-corrected chi connectivity index (χ3v) is 3.25. The molecule has 0 aliphatic rings. The lowest BCUT2D eigenvalue weighted by molar-refractivity contribution is 0.543. The Labute approximate surface area is 122 Å². The van der Waals surface area contributed by atoms with Gasteiger partial charge in [-0.2, -0.15) is 5.10 Å². The van der Waals surface area contributed by atoms with E-state index in [2.05, 4.69) is 54.7 Å². The van der Waals surface area contributed by atoms with Gasteiger partial charge in [-0.15, -0.1) is 0 Å². The third kappa shape index (κ3) is 5.17. The van der Waals surface area contributed by atoms with E-state index in [1.165, 1.54) is 17.5 Å². The summed E-state index contributed by atoms with van der Waals surface area (Å²) in [5.41, 5.74) is 2.62. The minimum absolute atomic E-state index is 0.726. The molecule has 0 aliphatic heterocycles. The van der Waals surface area contributed by atoms with E-state index < -0.39 is 0 Å². The van der Waals surface area contributed by atoms with Crippen molar-refractivity contribution in [2.75, 3.05) is 13.1 Å². The predicted octanol–water partition coefficient (Wildman–Crippen LogP) is 3.11. The van der Waals surface area contributed by atoms with Gasteiger partial charge in [0.15, 0.2) is 0 Å². The van der Waals surface area contributed by atoms with Gasteiger partial charge in [-0.1, -0.05) is 44.2 Å². The molecule has 0 atom stereocenters. The number of nitrogens with one attached hydrogen (secondary N) is 1. The number of rotatable bonds is 8. The van der Waals surface area contributed by atoms with Crippen LogP contribution in [0.15, 0.2) is 42.7 Å². The molecular formula is C17H25N3. The molecule has 1 aromatic heterocycles. The van der Waals surface area contributed by atoms with Gasteiger partial charge < -0.3 is 5.32 Å². The monoisotopic (exact) mass is 271 g/mol. The number of benzene rings is 1. The van der Waals surface area contributed by atoms with E-state index in [4.69, 9.17) is 0 Å². The molecule has 2 rings (SSSR count). The quantitative estimate of drug-likeness (QED) is 0.748. The third-order valence-electron chi connectivity index (χ3n) is 3.25. The lowest BCUT2D eigenvalue weighted by Gasteiger charge is -2.06. The summed E-state index contributed by atoms with van der Waals surface area (Å²) >= 11 is 0.